The van der Waals surface area contributed by atoms with Crippen molar-refractivity contribution in [3.05, 3.63) is 122 Å². The second-order valence-electron chi connectivity index (χ2n) is 20.8. The minimum atomic E-state index is -2.93. The summed E-state index contributed by atoms with van der Waals surface area (Å²) in [6, 6.07) is 18.6. The van der Waals surface area contributed by atoms with Gasteiger partial charge in [0.25, 0.3) is 0 Å². The first-order valence-electron chi connectivity index (χ1n) is 27.4. The van der Waals surface area contributed by atoms with Crippen molar-refractivity contribution in [2.75, 3.05) is 52.8 Å². The van der Waals surface area contributed by atoms with Gasteiger partial charge in [0.05, 0.1) is 46.2 Å². The maximum Gasteiger partial charge on any atom is 0.407 e. The van der Waals surface area contributed by atoms with Gasteiger partial charge in [0.15, 0.2) is 0 Å². The van der Waals surface area contributed by atoms with Crippen molar-refractivity contribution in [1.82, 2.24) is 5.32 Å². The van der Waals surface area contributed by atoms with E-state index in [-0.39, 0.29) is 81.8 Å². The number of rotatable bonds is 32. The van der Waals surface area contributed by atoms with Gasteiger partial charge < -0.3 is 75.2 Å². The molecule has 1 heterocycles. The molecule has 0 spiro atoms. The van der Waals surface area contributed by atoms with Crippen LogP contribution < -0.4 is 14.8 Å². The van der Waals surface area contributed by atoms with Gasteiger partial charge in [-0.05, 0) is 139 Å². The molecular weight excluding hydrogens is 1200 g/mol. The number of alkyl carbamates (subject to hydrolysis) is 1. The second kappa shape index (κ2) is 42.4. The second-order valence-corrected chi connectivity index (χ2v) is 35.3. The predicted octanol–water partition coefficient (Wildman–Crippen LogP) is 12.7. The third-order valence-corrected chi connectivity index (χ3v) is 31.2. The molecule has 2 atom stereocenters. The molecule has 2 unspecified atom stereocenters. The number of hydrogen-bond donors (Lipinski definition) is 1. The van der Waals surface area contributed by atoms with Gasteiger partial charge in [0.2, 0.25) is 0 Å². The largest absolute Gasteiger partial charge is 0.697 e. The van der Waals surface area contributed by atoms with E-state index in [9.17, 15) is 24.0 Å². The van der Waals surface area contributed by atoms with Crippen molar-refractivity contribution in [3.8, 4) is 17.9 Å². The van der Waals surface area contributed by atoms with E-state index in [0.29, 0.717) is 112 Å². The maximum absolute atomic E-state index is 11.9. The van der Waals surface area contributed by atoms with Crippen LogP contribution in [0, 0.1) is 20.3 Å². The van der Waals surface area contributed by atoms with E-state index in [1.807, 2.05) is 57.4 Å². The summed E-state index contributed by atoms with van der Waals surface area (Å²) in [4.78, 5) is 58.5. The number of amides is 1. The smallest absolute Gasteiger partial charge is 0.407 e. The van der Waals surface area contributed by atoms with Crippen LogP contribution in [-0.2, 0) is 102 Å². The number of terminal acetylenes is 1. The number of hydrogen-bond acceptors (Lipinski definition) is 16. The molecule has 1 amide bonds. The molecule has 1 aliphatic heterocycles. The standard InChI is InChI=1S/C30H41NO6.C27H50O10Si4.C2H.CH3.2V/c1-6-7-18-31-29(33)37-22-9-20-35-27-16-12-25(13-17-27)30(4,5)24-10-14-26(15-11-24)34-19-8-21-36-28(32)23(2)3;1-12-38(8)34-39(9,19-13-16-31-25(28)22(2)3)36-41(11,21-15-18-33-27(30)24(6)7)37-40(10,35-38)20-14-17-32-26(29)23(4)5;1-2;;;/h10-17H,2,6-9,18-22H2,1,3-5H3,(H,31,33);2,4,6,12-21H2,1,3,5,7-11H3;1H;1H3;;/q;;2*-1;;. The molecule has 1 saturated heterocycles. The molecule has 1 N–H and O–H groups in total. The minimum Gasteiger partial charge on any atom is -0.697 e. The van der Waals surface area contributed by atoms with Crippen molar-refractivity contribution in [2.24, 2.45) is 0 Å². The van der Waals surface area contributed by atoms with Gasteiger partial charge in [0.1, 0.15) is 11.5 Å². The zero-order chi connectivity index (χ0) is 60.6. The zero-order valence-corrected chi connectivity index (χ0v) is 58.7. The van der Waals surface area contributed by atoms with Crippen LogP contribution in [0.15, 0.2) is 97.1 Å². The van der Waals surface area contributed by atoms with E-state index in [0.717, 1.165) is 24.3 Å². The van der Waals surface area contributed by atoms with Crippen LogP contribution in [0.3, 0.4) is 0 Å². The van der Waals surface area contributed by atoms with Gasteiger partial charge in [0, 0.05) is 84.2 Å². The molecule has 0 aliphatic carbocycles. The minimum absolute atomic E-state index is 0. The fourth-order valence-electron chi connectivity index (χ4n) is 7.88. The van der Waals surface area contributed by atoms with Gasteiger partial charge in [-0.1, -0.05) is 84.7 Å². The Labute approximate surface area is 525 Å². The number of ether oxygens (including phenoxy) is 7. The van der Waals surface area contributed by atoms with Crippen LogP contribution in [0.25, 0.3) is 0 Å². The van der Waals surface area contributed by atoms with Crippen molar-refractivity contribution in [2.45, 2.75) is 156 Å². The van der Waals surface area contributed by atoms with Crippen molar-refractivity contribution < 1.29 is 111 Å². The summed E-state index contributed by atoms with van der Waals surface area (Å²) in [5.74, 6) is -0.0917. The quantitative estimate of drug-likeness (QED) is 0.0138. The van der Waals surface area contributed by atoms with Crippen LogP contribution in [0.5, 0.6) is 11.5 Å². The van der Waals surface area contributed by atoms with E-state index in [4.69, 9.17) is 56.0 Å². The van der Waals surface area contributed by atoms with Crippen LogP contribution >= 0.6 is 0 Å². The SMILES string of the molecule is C=C(C)C(=O)OCCCOc1ccc(C(C)(C)c2ccc(OCCCOC(=O)NCCCC)cc2)cc1.C=C(C)C(=O)OCCC[Si]1(C)O[Si](C)(CC)O[Si](C)(CCCOC(=O)C(=C)C)O[Si](C)(CCCOC(=O)C(=C)C)O1.[C-]#C.[CH3-].[V].[V]. The van der Waals surface area contributed by atoms with Gasteiger partial charge in [-0.15, -0.1) is 0 Å². The normalized spacial score (nSPS) is 18.8. The number of nitrogens with one attached hydrogen (secondary N) is 1. The van der Waals surface area contributed by atoms with E-state index in [2.05, 4.69) is 83.1 Å². The van der Waals surface area contributed by atoms with Crippen molar-refractivity contribution >= 4 is 64.2 Å². The topological polar surface area (TPSA) is 199 Å². The van der Waals surface area contributed by atoms with Crippen LogP contribution in [0.2, 0.25) is 50.4 Å². The molecule has 464 valence electrons. The average Bonchev–Trinajstić information content (AvgIpc) is 3.40. The number of carbonyl (C=O) groups is 5. The van der Waals surface area contributed by atoms with E-state index in [1.165, 1.54) is 11.1 Å². The summed E-state index contributed by atoms with van der Waals surface area (Å²) in [7, 11) is -11.4. The van der Waals surface area contributed by atoms with Gasteiger partial charge in [-0.25, -0.2) is 24.0 Å². The molecule has 2 radical (unpaired) electrons. The molecule has 2 aromatic rings. The Bertz CT molecular complexity index is 2300. The first-order valence-corrected chi connectivity index (χ1v) is 37.5. The van der Waals surface area contributed by atoms with E-state index < -0.39 is 52.2 Å². The zero-order valence-electron chi connectivity index (χ0n) is 51.9. The molecule has 0 saturated carbocycles. The van der Waals surface area contributed by atoms with Crippen LogP contribution in [-0.4, -0.2) is 117 Å². The Morgan fingerprint density at radius 3 is 1.07 bits per heavy atom. The Balaban J connectivity index is -0.00000145. The molecule has 3 rings (SSSR count). The van der Waals surface area contributed by atoms with Crippen molar-refractivity contribution in [3.63, 3.8) is 0 Å². The summed E-state index contributed by atoms with van der Waals surface area (Å²) >= 11 is 0. The summed E-state index contributed by atoms with van der Waals surface area (Å²) in [5, 5.41) is 2.72. The molecule has 2 aromatic carbocycles. The Morgan fingerprint density at radius 1 is 0.494 bits per heavy atom. The van der Waals surface area contributed by atoms with Gasteiger partial charge >= 0.3 is 64.2 Å². The fraction of sp³-hybridized carbons (Fsp3) is 0.533. The first-order chi connectivity index (χ1) is 37.6. The monoisotopic (exact) mass is 1300 g/mol. The first kappa shape index (κ1) is 82.8. The van der Waals surface area contributed by atoms with E-state index in [1.54, 1.807) is 27.7 Å². The number of unbranched alkanes of at least 4 members (excludes halogenated alkanes) is 1. The fourth-order valence-corrected chi connectivity index (χ4v) is 30.6. The Hall–Kier alpha value is -4.41. The van der Waals surface area contributed by atoms with Crippen LogP contribution in [0.4, 0.5) is 4.79 Å². The predicted molar refractivity (Wildman–Crippen MR) is 327 cm³/mol. The van der Waals surface area contributed by atoms with Gasteiger partial charge in [-0.2, -0.15) is 0 Å². The molecule has 0 bridgehead atoms. The molecule has 1 aliphatic rings. The molecule has 17 nitrogen and oxygen atoms in total. The molecule has 83 heavy (non-hydrogen) atoms. The van der Waals surface area contributed by atoms with Crippen LogP contribution in [0.1, 0.15) is 111 Å². The number of carbonyl (C=O) groups excluding carboxylic acids is 5. The van der Waals surface area contributed by atoms with Gasteiger partial charge in [-0.3, -0.25) is 0 Å². The van der Waals surface area contributed by atoms with Crippen molar-refractivity contribution in [1.29, 1.82) is 0 Å². The summed E-state index contributed by atoms with van der Waals surface area (Å²) in [5.41, 5.74) is 3.57. The maximum atomic E-state index is 11.9. The third-order valence-electron chi connectivity index (χ3n) is 12.3. The average molecular weight is 1300 g/mol. The number of esters is 4. The molecule has 0 aromatic heterocycles. The summed E-state index contributed by atoms with van der Waals surface area (Å²) in [6.07, 6.45) is 13.5. The van der Waals surface area contributed by atoms with E-state index >= 15 is 0 Å². The summed E-state index contributed by atoms with van der Waals surface area (Å²) < 4.78 is 65.4. The Morgan fingerprint density at radius 2 is 0.783 bits per heavy atom. The molecule has 23 heteroatoms. The third kappa shape index (κ3) is 33.2. The molecule has 1 fully saturated rings. The Kier molecular flexibility index (Phi) is 42.3. The molecular formula is C60H95NO16Si4V2-2. The summed E-state index contributed by atoms with van der Waals surface area (Å²) in [6.45, 7) is 40.4. The number of benzene rings is 2.